The summed E-state index contributed by atoms with van der Waals surface area (Å²) >= 11 is 1.41. The van der Waals surface area contributed by atoms with Gasteiger partial charge >= 0.3 is 0 Å². The molecule has 8 heteroatoms. The van der Waals surface area contributed by atoms with Gasteiger partial charge in [-0.1, -0.05) is 13.0 Å². The number of aryl methyl sites for hydroxylation is 1. The Morgan fingerprint density at radius 3 is 2.71 bits per heavy atom. The number of carbonyl (C=O) groups is 2. The molecule has 0 aliphatic carbocycles. The molecule has 2 aliphatic heterocycles. The van der Waals surface area contributed by atoms with E-state index in [0.717, 1.165) is 16.9 Å². The fourth-order valence-corrected chi connectivity index (χ4v) is 5.00. The maximum atomic E-state index is 13.3. The van der Waals surface area contributed by atoms with Crippen LogP contribution in [0.4, 0.5) is 5.69 Å². The maximum Gasteiger partial charge on any atom is 0.300 e. The number of ether oxygens (including phenoxy) is 3. The van der Waals surface area contributed by atoms with Gasteiger partial charge < -0.3 is 19.3 Å². The van der Waals surface area contributed by atoms with Gasteiger partial charge in [-0.3, -0.25) is 14.5 Å². The Balaban J connectivity index is 1.61. The Morgan fingerprint density at radius 1 is 1.15 bits per heavy atom. The minimum atomic E-state index is -0.767. The van der Waals surface area contributed by atoms with E-state index in [-0.39, 0.29) is 18.1 Å². The largest absolute Gasteiger partial charge is 0.507 e. The summed E-state index contributed by atoms with van der Waals surface area (Å²) in [6.45, 7) is 4.59. The fraction of sp³-hybridized carbons (Fsp3) is 0.231. The van der Waals surface area contributed by atoms with E-state index in [9.17, 15) is 14.7 Å². The molecule has 1 amide bonds. The molecule has 1 atom stereocenters. The highest BCUT2D eigenvalue weighted by molar-refractivity contribution is 7.10. The van der Waals surface area contributed by atoms with Crippen LogP contribution in [0.1, 0.15) is 35.4 Å². The van der Waals surface area contributed by atoms with Crippen molar-refractivity contribution in [3.63, 3.8) is 0 Å². The van der Waals surface area contributed by atoms with Crippen LogP contribution in [0, 0.1) is 6.92 Å². The average Bonchev–Trinajstić information content (AvgIpc) is 3.58. The van der Waals surface area contributed by atoms with Crippen molar-refractivity contribution in [3.8, 4) is 17.2 Å². The summed E-state index contributed by atoms with van der Waals surface area (Å²) in [5, 5.41) is 13.2. The van der Waals surface area contributed by atoms with Crippen LogP contribution >= 0.6 is 11.3 Å². The van der Waals surface area contributed by atoms with Gasteiger partial charge in [0.2, 0.25) is 6.79 Å². The predicted octanol–water partition coefficient (Wildman–Crippen LogP) is 5.20. The third-order valence-corrected chi connectivity index (χ3v) is 6.73. The molecule has 0 spiro atoms. The highest BCUT2D eigenvalue weighted by atomic mass is 32.1. The third-order valence-electron chi connectivity index (χ3n) is 5.80. The quantitative estimate of drug-likeness (QED) is 0.298. The van der Waals surface area contributed by atoms with Crippen LogP contribution in [0.2, 0.25) is 0 Å². The fourth-order valence-electron chi connectivity index (χ4n) is 4.18. The van der Waals surface area contributed by atoms with E-state index in [0.29, 0.717) is 35.1 Å². The normalized spacial score (nSPS) is 18.5. The number of aliphatic hydroxyl groups is 1. The van der Waals surface area contributed by atoms with Crippen LogP contribution in [0.3, 0.4) is 0 Å². The smallest absolute Gasteiger partial charge is 0.300 e. The SMILES string of the molecule is CCCOc1ccc(/C(O)=C2/C(=O)C(=O)N(c3ccc4c(c3)OCO4)C2c2cccs2)cc1C. The number of thiophene rings is 1. The summed E-state index contributed by atoms with van der Waals surface area (Å²) < 4.78 is 16.6. The number of fused-ring (bicyclic) bond motifs is 1. The van der Waals surface area contributed by atoms with E-state index in [1.165, 1.54) is 16.2 Å². The molecule has 0 bridgehead atoms. The second-order valence-corrected chi connectivity index (χ2v) is 9.03. The Bertz CT molecular complexity index is 1300. The standard InChI is InChI=1S/C26H23NO6S/c1-3-10-31-18-8-6-16(12-15(18)2)24(28)22-23(21-5-4-11-34-21)27(26(30)25(22)29)17-7-9-19-20(13-17)33-14-32-19/h4-9,11-13,23,28H,3,10,14H2,1-2H3/b24-22-. The molecule has 1 aromatic heterocycles. The van der Waals surface area contributed by atoms with Crippen molar-refractivity contribution in [2.45, 2.75) is 26.3 Å². The zero-order valence-electron chi connectivity index (χ0n) is 18.7. The van der Waals surface area contributed by atoms with Crippen molar-refractivity contribution in [2.75, 3.05) is 18.3 Å². The van der Waals surface area contributed by atoms with Crippen molar-refractivity contribution in [1.82, 2.24) is 0 Å². The lowest BCUT2D eigenvalue weighted by Crippen LogP contribution is -2.29. The number of hydrogen-bond donors (Lipinski definition) is 1. The van der Waals surface area contributed by atoms with Crippen molar-refractivity contribution < 1.29 is 28.9 Å². The van der Waals surface area contributed by atoms with Crippen molar-refractivity contribution in [1.29, 1.82) is 0 Å². The van der Waals surface area contributed by atoms with E-state index in [2.05, 4.69) is 0 Å². The first-order valence-electron chi connectivity index (χ1n) is 11.0. The van der Waals surface area contributed by atoms with Gasteiger partial charge in [-0.25, -0.2) is 0 Å². The molecule has 0 radical (unpaired) electrons. The van der Waals surface area contributed by atoms with E-state index in [1.54, 1.807) is 36.4 Å². The average molecular weight is 478 g/mol. The van der Waals surface area contributed by atoms with Crippen LogP contribution in [0.25, 0.3) is 5.76 Å². The van der Waals surface area contributed by atoms with Gasteiger partial charge in [-0.15, -0.1) is 11.3 Å². The van der Waals surface area contributed by atoms with Crippen LogP contribution in [0.5, 0.6) is 17.2 Å². The van der Waals surface area contributed by atoms with Crippen LogP contribution in [-0.4, -0.2) is 30.2 Å². The first kappa shape index (κ1) is 22.0. The number of anilines is 1. The molecular weight excluding hydrogens is 454 g/mol. The molecule has 1 saturated heterocycles. The van der Waals surface area contributed by atoms with Gasteiger partial charge in [-0.2, -0.15) is 0 Å². The van der Waals surface area contributed by atoms with Gasteiger partial charge in [0.25, 0.3) is 11.7 Å². The Morgan fingerprint density at radius 2 is 1.97 bits per heavy atom. The number of benzene rings is 2. The van der Waals surface area contributed by atoms with Crippen LogP contribution < -0.4 is 19.1 Å². The summed E-state index contributed by atoms with van der Waals surface area (Å²) in [4.78, 5) is 28.7. The number of hydrogen-bond acceptors (Lipinski definition) is 7. The molecule has 5 rings (SSSR count). The van der Waals surface area contributed by atoms with Gasteiger partial charge in [0, 0.05) is 22.2 Å². The van der Waals surface area contributed by atoms with Gasteiger partial charge in [0.05, 0.1) is 12.2 Å². The molecule has 2 aliphatic rings. The summed E-state index contributed by atoms with van der Waals surface area (Å²) in [5.74, 6) is 0.131. The number of carbonyl (C=O) groups excluding carboxylic acids is 2. The van der Waals surface area contributed by atoms with Gasteiger partial charge in [0.1, 0.15) is 17.6 Å². The molecule has 1 N–H and O–H groups in total. The highest BCUT2D eigenvalue weighted by Gasteiger charge is 2.47. The topological polar surface area (TPSA) is 85.3 Å². The van der Waals surface area contributed by atoms with E-state index in [1.807, 2.05) is 31.4 Å². The number of nitrogens with zero attached hydrogens (tertiary/aromatic N) is 1. The van der Waals surface area contributed by atoms with Crippen LogP contribution in [0.15, 0.2) is 59.5 Å². The molecule has 1 fully saturated rings. The number of amides is 1. The molecular formula is C26H23NO6S. The Kier molecular flexibility index (Phi) is 5.75. The molecule has 174 valence electrons. The molecule has 3 heterocycles. The summed E-state index contributed by atoms with van der Waals surface area (Å²) in [6.07, 6.45) is 0.880. The first-order chi connectivity index (χ1) is 16.5. The minimum Gasteiger partial charge on any atom is -0.507 e. The number of rotatable bonds is 6. The minimum absolute atomic E-state index is 0.0479. The van der Waals surface area contributed by atoms with Crippen molar-refractivity contribution in [2.24, 2.45) is 0 Å². The molecule has 7 nitrogen and oxygen atoms in total. The second kappa shape index (κ2) is 8.87. The number of aliphatic hydroxyl groups excluding tert-OH is 1. The van der Waals surface area contributed by atoms with Gasteiger partial charge in [0.15, 0.2) is 11.5 Å². The first-order valence-corrected chi connectivity index (χ1v) is 11.9. The van der Waals surface area contributed by atoms with Crippen LogP contribution in [-0.2, 0) is 9.59 Å². The zero-order chi connectivity index (χ0) is 23.8. The molecule has 0 saturated carbocycles. The summed E-state index contributed by atoms with van der Waals surface area (Å²) in [7, 11) is 0. The number of ketones is 1. The second-order valence-electron chi connectivity index (χ2n) is 8.05. The van der Waals surface area contributed by atoms with E-state index < -0.39 is 17.7 Å². The molecule has 3 aromatic rings. The molecule has 34 heavy (non-hydrogen) atoms. The number of Topliss-reactive ketones (excluding diaryl/α,β-unsaturated/α-hetero) is 1. The lowest BCUT2D eigenvalue weighted by molar-refractivity contribution is -0.132. The molecule has 1 unspecified atom stereocenters. The summed E-state index contributed by atoms with van der Waals surface area (Å²) in [6, 6.07) is 13.3. The van der Waals surface area contributed by atoms with Crippen molar-refractivity contribution in [3.05, 3.63) is 75.5 Å². The monoisotopic (exact) mass is 477 g/mol. The van der Waals surface area contributed by atoms with Gasteiger partial charge in [-0.05, 0) is 60.7 Å². The lowest BCUT2D eigenvalue weighted by Gasteiger charge is -2.24. The maximum absolute atomic E-state index is 13.3. The Labute approximate surface area is 200 Å². The van der Waals surface area contributed by atoms with E-state index >= 15 is 0 Å². The van der Waals surface area contributed by atoms with E-state index in [4.69, 9.17) is 14.2 Å². The lowest BCUT2D eigenvalue weighted by atomic mass is 9.98. The predicted molar refractivity (Wildman–Crippen MR) is 129 cm³/mol. The summed E-state index contributed by atoms with van der Waals surface area (Å²) in [5.41, 5.74) is 1.82. The Hall–Kier alpha value is -3.78. The van der Waals surface area contributed by atoms with Crippen molar-refractivity contribution >= 4 is 34.5 Å². The zero-order valence-corrected chi connectivity index (χ0v) is 19.6. The third kappa shape index (κ3) is 3.70. The molecule has 2 aromatic carbocycles. The highest BCUT2D eigenvalue weighted by Crippen LogP contribution is 2.46.